The standard InChI is InChI=1S/C6H12BrNO/c1-2-3-4-8-6(9)5-7/h2-5H2,1H3,(H,8,9). The number of nitrogens with one attached hydrogen (secondary N) is 1. The summed E-state index contributed by atoms with van der Waals surface area (Å²) in [6.45, 7) is 2.90. The van der Waals surface area contributed by atoms with Gasteiger partial charge in [0.05, 0.1) is 5.33 Å². The van der Waals surface area contributed by atoms with E-state index in [1.165, 1.54) is 0 Å². The SMILES string of the molecule is CCCCNC(=O)CBr. The van der Waals surface area contributed by atoms with Gasteiger partial charge in [-0.2, -0.15) is 0 Å². The maximum Gasteiger partial charge on any atom is 0.230 e. The first kappa shape index (κ1) is 8.95. The van der Waals surface area contributed by atoms with Crippen molar-refractivity contribution in [3.63, 3.8) is 0 Å². The summed E-state index contributed by atoms with van der Waals surface area (Å²) >= 11 is 3.05. The molecule has 0 heterocycles. The number of halogens is 1. The number of unbranched alkanes of at least 4 members (excludes halogenated alkanes) is 1. The fraction of sp³-hybridized carbons (Fsp3) is 0.833. The molecule has 0 aliphatic heterocycles. The van der Waals surface area contributed by atoms with E-state index in [1.807, 2.05) is 0 Å². The van der Waals surface area contributed by atoms with Crippen LogP contribution in [0.25, 0.3) is 0 Å². The van der Waals surface area contributed by atoms with E-state index >= 15 is 0 Å². The minimum Gasteiger partial charge on any atom is -0.355 e. The number of hydrogen-bond acceptors (Lipinski definition) is 1. The molecule has 54 valence electrons. The lowest BCUT2D eigenvalue weighted by atomic mass is 10.3. The molecular weight excluding hydrogens is 182 g/mol. The van der Waals surface area contributed by atoms with Crippen LogP contribution in [0, 0.1) is 0 Å². The highest BCUT2D eigenvalue weighted by Crippen LogP contribution is 1.83. The normalized spacial score (nSPS) is 9.11. The molecule has 1 N–H and O–H groups in total. The van der Waals surface area contributed by atoms with Gasteiger partial charge in [-0.3, -0.25) is 4.79 Å². The zero-order valence-electron chi connectivity index (χ0n) is 5.61. The van der Waals surface area contributed by atoms with Gasteiger partial charge in [-0.25, -0.2) is 0 Å². The molecule has 0 aliphatic rings. The Kier molecular flexibility index (Phi) is 6.04. The average Bonchev–Trinajstić information content (AvgIpc) is 1.89. The van der Waals surface area contributed by atoms with Gasteiger partial charge in [0.15, 0.2) is 0 Å². The molecule has 0 aromatic heterocycles. The Morgan fingerprint density at radius 2 is 2.33 bits per heavy atom. The van der Waals surface area contributed by atoms with E-state index in [2.05, 4.69) is 28.2 Å². The average molecular weight is 194 g/mol. The largest absolute Gasteiger partial charge is 0.355 e. The molecule has 0 atom stereocenters. The third kappa shape index (κ3) is 5.83. The first-order chi connectivity index (χ1) is 4.31. The fourth-order valence-electron chi connectivity index (χ4n) is 0.452. The van der Waals surface area contributed by atoms with Gasteiger partial charge in [0, 0.05) is 6.54 Å². The Morgan fingerprint density at radius 3 is 2.78 bits per heavy atom. The van der Waals surface area contributed by atoms with Gasteiger partial charge in [-0.05, 0) is 6.42 Å². The lowest BCUT2D eigenvalue weighted by molar-refractivity contribution is -0.118. The van der Waals surface area contributed by atoms with Crippen molar-refractivity contribution >= 4 is 21.8 Å². The maximum atomic E-state index is 10.5. The molecule has 0 fully saturated rings. The lowest BCUT2D eigenvalue weighted by Gasteiger charge is -1.98. The van der Waals surface area contributed by atoms with Crippen molar-refractivity contribution in [1.29, 1.82) is 0 Å². The van der Waals surface area contributed by atoms with E-state index in [9.17, 15) is 4.79 Å². The minimum atomic E-state index is 0.0726. The maximum absolute atomic E-state index is 10.5. The molecule has 0 unspecified atom stereocenters. The van der Waals surface area contributed by atoms with Crippen LogP contribution in [0.4, 0.5) is 0 Å². The quantitative estimate of drug-likeness (QED) is 0.530. The molecule has 0 aliphatic carbocycles. The number of hydrogen-bond donors (Lipinski definition) is 1. The van der Waals surface area contributed by atoms with E-state index in [4.69, 9.17) is 0 Å². The smallest absolute Gasteiger partial charge is 0.230 e. The second-order valence-electron chi connectivity index (χ2n) is 1.84. The second kappa shape index (κ2) is 6.08. The molecule has 0 bridgehead atoms. The van der Waals surface area contributed by atoms with Crippen LogP contribution in [0.15, 0.2) is 0 Å². The molecule has 0 spiro atoms. The summed E-state index contributed by atoms with van der Waals surface area (Å²) in [6.07, 6.45) is 2.20. The molecule has 0 saturated carbocycles. The van der Waals surface area contributed by atoms with Gasteiger partial charge >= 0.3 is 0 Å². The number of amides is 1. The Morgan fingerprint density at radius 1 is 1.67 bits per heavy atom. The van der Waals surface area contributed by atoms with E-state index < -0.39 is 0 Å². The van der Waals surface area contributed by atoms with E-state index in [0.717, 1.165) is 19.4 Å². The van der Waals surface area contributed by atoms with Crippen LogP contribution in [-0.4, -0.2) is 17.8 Å². The first-order valence-corrected chi connectivity index (χ1v) is 4.26. The predicted octanol–water partition coefficient (Wildman–Crippen LogP) is 1.30. The molecule has 2 nitrogen and oxygen atoms in total. The van der Waals surface area contributed by atoms with Gasteiger partial charge in [-0.1, -0.05) is 29.3 Å². The third-order valence-electron chi connectivity index (χ3n) is 0.974. The van der Waals surface area contributed by atoms with E-state index in [1.54, 1.807) is 0 Å². The van der Waals surface area contributed by atoms with E-state index in [-0.39, 0.29) is 5.91 Å². The first-order valence-electron chi connectivity index (χ1n) is 3.14. The highest BCUT2D eigenvalue weighted by molar-refractivity contribution is 9.09. The number of alkyl halides is 1. The highest BCUT2D eigenvalue weighted by Gasteiger charge is 1.93. The molecule has 0 rings (SSSR count). The molecular formula is C6H12BrNO. The monoisotopic (exact) mass is 193 g/mol. The Bertz CT molecular complexity index is 85.1. The van der Waals surface area contributed by atoms with Gasteiger partial charge in [-0.15, -0.1) is 0 Å². The number of carbonyl (C=O) groups excluding carboxylic acids is 1. The summed E-state index contributed by atoms with van der Waals surface area (Å²) in [6, 6.07) is 0. The predicted molar refractivity (Wildman–Crippen MR) is 41.7 cm³/mol. The topological polar surface area (TPSA) is 29.1 Å². The van der Waals surface area contributed by atoms with Crippen LogP contribution in [0.2, 0.25) is 0 Å². The van der Waals surface area contributed by atoms with Gasteiger partial charge in [0.25, 0.3) is 0 Å². The van der Waals surface area contributed by atoms with E-state index in [0.29, 0.717) is 5.33 Å². The zero-order chi connectivity index (χ0) is 7.11. The molecule has 0 aromatic rings. The van der Waals surface area contributed by atoms with Crippen molar-refractivity contribution in [3.05, 3.63) is 0 Å². The molecule has 1 amide bonds. The minimum absolute atomic E-state index is 0.0726. The molecule has 9 heavy (non-hydrogen) atoms. The van der Waals surface area contributed by atoms with Crippen molar-refractivity contribution in [3.8, 4) is 0 Å². The van der Waals surface area contributed by atoms with Crippen LogP contribution in [0.3, 0.4) is 0 Å². The van der Waals surface area contributed by atoms with Crippen molar-refractivity contribution in [2.24, 2.45) is 0 Å². The second-order valence-corrected chi connectivity index (χ2v) is 2.40. The van der Waals surface area contributed by atoms with Crippen LogP contribution in [0.5, 0.6) is 0 Å². The number of carbonyl (C=O) groups is 1. The van der Waals surface area contributed by atoms with Crippen LogP contribution < -0.4 is 5.32 Å². The molecule has 0 saturated heterocycles. The van der Waals surface area contributed by atoms with Crippen LogP contribution in [0.1, 0.15) is 19.8 Å². The summed E-state index contributed by atoms with van der Waals surface area (Å²) in [4.78, 5) is 10.5. The molecule has 0 radical (unpaired) electrons. The van der Waals surface area contributed by atoms with Crippen molar-refractivity contribution < 1.29 is 4.79 Å². The van der Waals surface area contributed by atoms with Crippen molar-refractivity contribution in [2.75, 3.05) is 11.9 Å². The Balaban J connectivity index is 2.97. The Labute approximate surface area is 64.1 Å². The van der Waals surface area contributed by atoms with Gasteiger partial charge in [0.2, 0.25) is 5.91 Å². The fourth-order valence-corrected chi connectivity index (χ4v) is 0.650. The highest BCUT2D eigenvalue weighted by atomic mass is 79.9. The zero-order valence-corrected chi connectivity index (χ0v) is 7.20. The van der Waals surface area contributed by atoms with Crippen molar-refractivity contribution in [2.45, 2.75) is 19.8 Å². The van der Waals surface area contributed by atoms with Crippen molar-refractivity contribution in [1.82, 2.24) is 5.32 Å². The Hall–Kier alpha value is -0.0500. The summed E-state index contributed by atoms with van der Waals surface area (Å²) in [5.74, 6) is 0.0726. The summed E-state index contributed by atoms with van der Waals surface area (Å²) in [5.41, 5.74) is 0. The summed E-state index contributed by atoms with van der Waals surface area (Å²) in [7, 11) is 0. The van der Waals surface area contributed by atoms with Crippen LogP contribution >= 0.6 is 15.9 Å². The van der Waals surface area contributed by atoms with Crippen LogP contribution in [-0.2, 0) is 4.79 Å². The molecule has 0 aromatic carbocycles. The molecule has 3 heteroatoms. The van der Waals surface area contributed by atoms with Gasteiger partial charge < -0.3 is 5.32 Å². The number of rotatable bonds is 4. The third-order valence-corrected chi connectivity index (χ3v) is 1.48. The lowest BCUT2D eigenvalue weighted by Crippen LogP contribution is -2.24. The summed E-state index contributed by atoms with van der Waals surface area (Å²) in [5, 5.41) is 3.16. The van der Waals surface area contributed by atoms with Gasteiger partial charge in [0.1, 0.15) is 0 Å². The summed E-state index contributed by atoms with van der Waals surface area (Å²) < 4.78 is 0.